The van der Waals surface area contributed by atoms with Gasteiger partial charge in [0.15, 0.2) is 0 Å². The topological polar surface area (TPSA) is 30.9 Å². The molecule has 0 aromatic heterocycles. The molecule has 2 aliphatic carbocycles. The van der Waals surface area contributed by atoms with Gasteiger partial charge in [-0.2, -0.15) is 26.3 Å². The van der Waals surface area contributed by atoms with Gasteiger partial charge in [0.25, 0.3) is 0 Å². The molecule has 2 aliphatic rings. The molecule has 12 rings (SSSR count). The van der Waals surface area contributed by atoms with Crippen molar-refractivity contribution < 1.29 is 39.6 Å². The maximum Gasteiger partial charge on any atom is 0.538 e. The summed E-state index contributed by atoms with van der Waals surface area (Å²) in [5.74, 6) is 0. The van der Waals surface area contributed by atoms with Crippen LogP contribution in [0.15, 0.2) is 170 Å². The van der Waals surface area contributed by atoms with Gasteiger partial charge in [-0.05, 0) is 182 Å². The first-order chi connectivity index (χ1) is 42.1. The normalized spacial score (nSPS) is 14.5. The summed E-state index contributed by atoms with van der Waals surface area (Å²) in [5, 5.41) is 7.49. The van der Waals surface area contributed by atoms with E-state index >= 15 is 26.3 Å². The van der Waals surface area contributed by atoms with Crippen LogP contribution in [0, 0.1) is 0 Å². The van der Waals surface area contributed by atoms with E-state index in [-0.39, 0.29) is 36.2 Å². The first kappa shape index (κ1) is 59.8. The van der Waals surface area contributed by atoms with Gasteiger partial charge in [-0.3, -0.25) is 0 Å². The summed E-state index contributed by atoms with van der Waals surface area (Å²) in [6, 6.07) is 55.6. The lowest BCUT2D eigenvalue weighted by atomic mass is 9.71. The lowest BCUT2D eigenvalue weighted by Crippen LogP contribution is -2.61. The summed E-state index contributed by atoms with van der Waals surface area (Å²) >= 11 is 0. The Labute approximate surface area is 507 Å². The van der Waals surface area contributed by atoms with Crippen LogP contribution in [0.1, 0.15) is 144 Å². The second-order valence-electron chi connectivity index (χ2n) is 23.4. The fourth-order valence-electron chi connectivity index (χ4n) is 15.5. The van der Waals surface area contributed by atoms with Crippen LogP contribution in [0.5, 0.6) is 0 Å². The fraction of sp³-hybridized carbons (Fsp3) is 0.289. The molecule has 0 heterocycles. The molecule has 0 radical (unpaired) electrons. The average molecular weight is 1190 g/mol. The molecule has 0 fully saturated rings. The molecule has 446 valence electrons. The summed E-state index contributed by atoms with van der Waals surface area (Å²) in [6.45, 7) is 13.0. The Balaban J connectivity index is 1.01. The molecule has 87 heavy (non-hydrogen) atoms. The van der Waals surface area contributed by atoms with Gasteiger partial charge in [-0.25, -0.2) is 0 Å². The van der Waals surface area contributed by atoms with E-state index in [0.29, 0.717) is 12.1 Å². The standard InChI is InChI=1S/C76H73F6NO3Si/c1-8-41-73(42-9-2)63-31-19-17-25-54(63)56-37-34-51(47-65(56)73)83(52-35-38-57-55-26-18-20-32-64(55)74(43-10-3,44-11-4)66(57)48-52)69-40-39-61-58-28-21-27-53-50(33-36-60(70(53)58)59-29-22-30-62(69)71(59)61)24-16-15-23-49-45-67(75(77,78)79)72(68(46-49)76(80,81)82)87(84-12-5,85-13-6)86-14-7/h15-40,45-48H,8-14,41-44H2,1-7H3/b23-15+,24-16+. The molecular formula is C76H73F6NO3Si. The van der Waals surface area contributed by atoms with Crippen molar-refractivity contribution in [1.29, 1.82) is 0 Å². The van der Waals surface area contributed by atoms with Crippen molar-refractivity contribution in [2.24, 2.45) is 0 Å². The first-order valence-corrected chi connectivity index (χ1v) is 32.8. The highest BCUT2D eigenvalue weighted by Crippen LogP contribution is 2.58. The number of halogens is 6. The smallest absolute Gasteiger partial charge is 0.370 e. The minimum atomic E-state index is -5.19. The third-order valence-corrected chi connectivity index (χ3v) is 21.6. The van der Waals surface area contributed by atoms with Crippen molar-refractivity contribution in [1.82, 2.24) is 0 Å². The van der Waals surface area contributed by atoms with Crippen LogP contribution in [-0.2, 0) is 36.5 Å². The van der Waals surface area contributed by atoms with Crippen LogP contribution < -0.4 is 10.1 Å². The van der Waals surface area contributed by atoms with Crippen molar-refractivity contribution in [3.8, 4) is 22.3 Å². The summed E-state index contributed by atoms with van der Waals surface area (Å²) < 4.78 is 107. The molecule has 0 unspecified atom stereocenters. The van der Waals surface area contributed by atoms with Crippen molar-refractivity contribution in [2.75, 3.05) is 24.7 Å². The quantitative estimate of drug-likeness (QED) is 0.0236. The number of rotatable bonds is 21. The first-order valence-electron chi connectivity index (χ1n) is 31.1. The summed E-state index contributed by atoms with van der Waals surface area (Å²) in [7, 11) is -4.72. The number of fused-ring (bicyclic) bond motifs is 8. The van der Waals surface area contributed by atoms with E-state index in [0.717, 1.165) is 117 Å². The molecule has 0 bridgehead atoms. The number of anilines is 3. The van der Waals surface area contributed by atoms with E-state index in [9.17, 15) is 0 Å². The zero-order chi connectivity index (χ0) is 61.0. The van der Waals surface area contributed by atoms with Crippen LogP contribution >= 0.6 is 0 Å². The lowest BCUT2D eigenvalue weighted by molar-refractivity contribution is -0.142. The Morgan fingerprint density at radius 2 is 0.828 bits per heavy atom. The summed E-state index contributed by atoms with van der Waals surface area (Å²) in [4.78, 5) is 2.53. The molecule has 0 atom stereocenters. The highest BCUT2D eigenvalue weighted by Gasteiger charge is 2.55. The SMILES string of the molecule is CCCC1(CCC)c2ccccc2-c2ccc(N(c3ccc4c(c3)C(CCC)(CCC)c3ccccc3-4)c3ccc4c5cccc6c(/C=C/C=C/c7cc(C(F)(F)F)c([Si](OCC)(OCC)OCC)c(C(F)(F)F)c7)ccc(c7cccc3c74)c65)cc21. The third-order valence-electron chi connectivity index (χ3n) is 18.4. The molecule has 0 spiro atoms. The summed E-state index contributed by atoms with van der Waals surface area (Å²) in [5.41, 5.74) is 11.5. The second-order valence-corrected chi connectivity index (χ2v) is 25.9. The molecule has 10 aromatic carbocycles. The van der Waals surface area contributed by atoms with E-state index in [4.69, 9.17) is 13.3 Å². The van der Waals surface area contributed by atoms with Gasteiger partial charge < -0.3 is 18.2 Å². The number of hydrogen-bond acceptors (Lipinski definition) is 4. The Bertz CT molecular complexity index is 4090. The van der Waals surface area contributed by atoms with Crippen LogP contribution in [0.4, 0.5) is 43.4 Å². The van der Waals surface area contributed by atoms with Crippen LogP contribution in [0.2, 0.25) is 0 Å². The minimum Gasteiger partial charge on any atom is -0.370 e. The maximum atomic E-state index is 15.0. The Morgan fingerprint density at radius 3 is 1.30 bits per heavy atom. The van der Waals surface area contributed by atoms with Gasteiger partial charge in [0.1, 0.15) is 0 Å². The van der Waals surface area contributed by atoms with Crippen molar-refractivity contribution >= 4 is 86.3 Å². The number of allylic oxidation sites excluding steroid dienone is 2. The molecule has 0 saturated heterocycles. The highest BCUT2D eigenvalue weighted by atomic mass is 28.4. The molecule has 0 aliphatic heterocycles. The molecule has 0 saturated carbocycles. The predicted molar refractivity (Wildman–Crippen MR) is 349 cm³/mol. The Hall–Kier alpha value is -7.54. The number of benzene rings is 10. The van der Waals surface area contributed by atoms with Crippen molar-refractivity contribution in [3.63, 3.8) is 0 Å². The number of alkyl halides is 6. The van der Waals surface area contributed by atoms with Crippen molar-refractivity contribution in [2.45, 2.75) is 123 Å². The van der Waals surface area contributed by atoms with Gasteiger partial charge in [-0.15, -0.1) is 0 Å². The van der Waals surface area contributed by atoms with E-state index in [1.54, 1.807) is 6.08 Å². The minimum absolute atomic E-state index is 0.123. The van der Waals surface area contributed by atoms with Gasteiger partial charge in [0, 0.05) is 52.6 Å². The van der Waals surface area contributed by atoms with E-state index < -0.39 is 37.5 Å². The van der Waals surface area contributed by atoms with Crippen LogP contribution in [0.3, 0.4) is 0 Å². The number of nitrogens with zero attached hydrogens (tertiary/aromatic N) is 1. The third kappa shape index (κ3) is 9.88. The maximum absolute atomic E-state index is 15.0. The monoisotopic (exact) mass is 1190 g/mol. The average Bonchev–Trinajstić information content (AvgIpc) is 1.65. The molecule has 4 nitrogen and oxygen atoms in total. The molecule has 0 amide bonds. The molecular weight excluding hydrogens is 1120 g/mol. The lowest BCUT2D eigenvalue weighted by Gasteiger charge is -2.35. The highest BCUT2D eigenvalue weighted by molar-refractivity contribution is 6.76. The predicted octanol–water partition coefficient (Wildman–Crippen LogP) is 22.0. The Morgan fingerprint density at radius 1 is 0.414 bits per heavy atom. The van der Waals surface area contributed by atoms with Crippen molar-refractivity contribution in [3.05, 3.63) is 214 Å². The molecule has 11 heteroatoms. The van der Waals surface area contributed by atoms with Gasteiger partial charge >= 0.3 is 21.2 Å². The summed E-state index contributed by atoms with van der Waals surface area (Å²) in [6.07, 6.45) is 4.28. The fourth-order valence-corrected chi connectivity index (χ4v) is 18.4. The van der Waals surface area contributed by atoms with Gasteiger partial charge in [0.05, 0.1) is 16.8 Å². The van der Waals surface area contributed by atoms with Crippen LogP contribution in [-0.4, -0.2) is 28.6 Å². The van der Waals surface area contributed by atoms with E-state index in [1.807, 2.05) is 18.2 Å². The largest absolute Gasteiger partial charge is 0.538 e. The van der Waals surface area contributed by atoms with Gasteiger partial charge in [-0.1, -0.05) is 193 Å². The van der Waals surface area contributed by atoms with E-state index in [2.05, 4.69) is 166 Å². The van der Waals surface area contributed by atoms with E-state index in [1.165, 1.54) is 77.4 Å². The van der Waals surface area contributed by atoms with Gasteiger partial charge in [0.2, 0.25) is 0 Å². The van der Waals surface area contributed by atoms with Crippen LogP contribution in [0.25, 0.3) is 77.5 Å². The molecule has 10 aromatic rings. The Kier molecular flexibility index (Phi) is 16.2. The second kappa shape index (κ2) is 23.5. The number of hydrogen-bond donors (Lipinski definition) is 0. The zero-order valence-electron chi connectivity index (χ0n) is 50.5. The molecule has 0 N–H and O–H groups in total. The zero-order valence-corrected chi connectivity index (χ0v) is 51.5.